The highest BCUT2D eigenvalue weighted by molar-refractivity contribution is 8.00. The minimum absolute atomic E-state index is 0.319. The lowest BCUT2D eigenvalue weighted by Gasteiger charge is -2.15. The van der Waals surface area contributed by atoms with E-state index < -0.39 is 17.2 Å². The average Bonchev–Trinajstić information content (AvgIpc) is 2.96. The lowest BCUT2D eigenvalue weighted by atomic mass is 10.2. The number of carbonyl (C=O) groups is 2. The highest BCUT2D eigenvalue weighted by Gasteiger charge is 2.23. The van der Waals surface area contributed by atoms with Gasteiger partial charge in [0.15, 0.2) is 11.0 Å². The Morgan fingerprint density at radius 3 is 2.54 bits per heavy atom. The first-order valence-corrected chi connectivity index (χ1v) is 10.5. The van der Waals surface area contributed by atoms with Gasteiger partial charge in [-0.05, 0) is 38.0 Å². The molecule has 3 amide bonds. The van der Waals surface area contributed by atoms with Gasteiger partial charge in [-0.25, -0.2) is 4.79 Å². The van der Waals surface area contributed by atoms with E-state index in [0.717, 1.165) is 0 Å². The zero-order chi connectivity index (χ0) is 20.8. The van der Waals surface area contributed by atoms with Gasteiger partial charge in [-0.15, -0.1) is 10.2 Å². The van der Waals surface area contributed by atoms with Crippen molar-refractivity contribution in [2.75, 3.05) is 6.54 Å². The SMILES string of the molecule is CCNC(=O)NC(=O)C(C)Sc1nnc(-c2ccc(Cl)cc2Cl)n1CC(C)C. The molecule has 0 fully saturated rings. The zero-order valence-corrected chi connectivity index (χ0v) is 18.5. The summed E-state index contributed by atoms with van der Waals surface area (Å²) < 4.78 is 1.93. The first-order chi connectivity index (χ1) is 13.2. The van der Waals surface area contributed by atoms with Crippen LogP contribution in [0.4, 0.5) is 4.79 Å². The standard InChI is InChI=1S/C18H23Cl2N5O2S/c1-5-21-17(27)22-16(26)11(4)28-18-24-23-15(25(18)9-10(2)3)13-7-6-12(19)8-14(13)20/h6-8,10-11H,5,9H2,1-4H3,(H2,21,22,26,27). The van der Waals surface area contributed by atoms with Crippen LogP contribution < -0.4 is 10.6 Å². The molecule has 2 N–H and O–H groups in total. The summed E-state index contributed by atoms with van der Waals surface area (Å²) in [4.78, 5) is 23.8. The molecule has 152 valence electrons. The number of benzene rings is 1. The molecule has 0 radical (unpaired) electrons. The van der Waals surface area contributed by atoms with Crippen LogP contribution in [-0.2, 0) is 11.3 Å². The number of nitrogens with zero attached hydrogens (tertiary/aromatic N) is 3. The molecule has 7 nitrogen and oxygen atoms in total. The average molecular weight is 444 g/mol. The molecule has 28 heavy (non-hydrogen) atoms. The fourth-order valence-corrected chi connectivity index (χ4v) is 3.76. The Labute approximate surface area is 178 Å². The van der Waals surface area contributed by atoms with Crippen molar-refractivity contribution >= 4 is 46.9 Å². The fraction of sp³-hybridized carbons (Fsp3) is 0.444. The van der Waals surface area contributed by atoms with Gasteiger partial charge in [-0.2, -0.15) is 0 Å². The Bertz CT molecular complexity index is 856. The maximum absolute atomic E-state index is 12.2. The predicted octanol–water partition coefficient (Wildman–Crippen LogP) is 4.23. The van der Waals surface area contributed by atoms with E-state index in [4.69, 9.17) is 23.2 Å². The molecule has 1 unspecified atom stereocenters. The maximum atomic E-state index is 12.2. The van der Waals surface area contributed by atoms with Crippen LogP contribution in [0.25, 0.3) is 11.4 Å². The Morgan fingerprint density at radius 1 is 1.21 bits per heavy atom. The molecule has 10 heteroatoms. The van der Waals surface area contributed by atoms with Crippen molar-refractivity contribution in [3.8, 4) is 11.4 Å². The molecule has 1 atom stereocenters. The molecule has 0 saturated heterocycles. The third kappa shape index (κ3) is 5.86. The number of halogens is 2. The van der Waals surface area contributed by atoms with Crippen molar-refractivity contribution in [2.45, 2.75) is 44.6 Å². The van der Waals surface area contributed by atoms with Gasteiger partial charge in [0.2, 0.25) is 5.91 Å². The molecule has 0 aliphatic rings. The van der Waals surface area contributed by atoms with E-state index in [1.54, 1.807) is 32.0 Å². The summed E-state index contributed by atoms with van der Waals surface area (Å²) in [6, 6.07) is 4.68. The van der Waals surface area contributed by atoms with Crippen molar-refractivity contribution in [1.82, 2.24) is 25.4 Å². The molecule has 0 spiro atoms. The fourth-order valence-electron chi connectivity index (χ4n) is 2.41. The normalized spacial score (nSPS) is 12.1. The Morgan fingerprint density at radius 2 is 1.93 bits per heavy atom. The Balaban J connectivity index is 2.28. The minimum atomic E-state index is -0.536. The molecule has 1 heterocycles. The summed E-state index contributed by atoms with van der Waals surface area (Å²) >= 11 is 13.6. The predicted molar refractivity (Wildman–Crippen MR) is 113 cm³/mol. The number of aromatic nitrogens is 3. The van der Waals surface area contributed by atoms with Crippen LogP contribution in [0.3, 0.4) is 0 Å². The van der Waals surface area contributed by atoms with E-state index in [0.29, 0.717) is 45.6 Å². The van der Waals surface area contributed by atoms with E-state index in [-0.39, 0.29) is 0 Å². The lowest BCUT2D eigenvalue weighted by Crippen LogP contribution is -2.42. The molecule has 2 aromatic rings. The number of thioether (sulfide) groups is 1. The van der Waals surface area contributed by atoms with E-state index in [2.05, 4.69) is 34.7 Å². The number of urea groups is 1. The number of nitrogens with one attached hydrogen (secondary N) is 2. The smallest absolute Gasteiger partial charge is 0.321 e. The molecule has 0 aliphatic carbocycles. The summed E-state index contributed by atoms with van der Waals surface area (Å²) in [5.74, 6) is 0.523. The number of amides is 3. The number of carbonyl (C=O) groups excluding carboxylic acids is 2. The summed E-state index contributed by atoms with van der Waals surface area (Å²) in [7, 11) is 0. The third-order valence-corrected chi connectivity index (χ3v) is 5.29. The van der Waals surface area contributed by atoms with Gasteiger partial charge in [0.05, 0.1) is 10.3 Å². The van der Waals surface area contributed by atoms with Crippen molar-refractivity contribution in [1.29, 1.82) is 0 Å². The van der Waals surface area contributed by atoms with Gasteiger partial charge < -0.3 is 9.88 Å². The van der Waals surface area contributed by atoms with Crippen molar-refractivity contribution in [3.05, 3.63) is 28.2 Å². The highest BCUT2D eigenvalue weighted by atomic mass is 35.5. The molecule has 1 aromatic carbocycles. The van der Waals surface area contributed by atoms with E-state index in [9.17, 15) is 9.59 Å². The summed E-state index contributed by atoms with van der Waals surface area (Å²) in [6.45, 7) is 8.73. The Kier molecular flexibility index (Phi) is 8.15. The quantitative estimate of drug-likeness (QED) is 0.624. The second kappa shape index (κ2) is 10.1. The molecular formula is C18H23Cl2N5O2S. The summed E-state index contributed by atoms with van der Waals surface area (Å²) in [6.07, 6.45) is 0. The second-order valence-corrected chi connectivity index (χ2v) is 8.70. The zero-order valence-electron chi connectivity index (χ0n) is 16.1. The van der Waals surface area contributed by atoms with Crippen LogP contribution in [0.5, 0.6) is 0 Å². The van der Waals surface area contributed by atoms with Crippen LogP contribution >= 0.6 is 35.0 Å². The molecular weight excluding hydrogens is 421 g/mol. The maximum Gasteiger partial charge on any atom is 0.321 e. The first kappa shape index (κ1) is 22.5. The van der Waals surface area contributed by atoms with Gasteiger partial charge in [0.25, 0.3) is 0 Å². The van der Waals surface area contributed by atoms with Crippen LogP contribution in [-0.4, -0.2) is 38.5 Å². The second-order valence-electron chi connectivity index (χ2n) is 6.54. The van der Waals surface area contributed by atoms with Crippen molar-refractivity contribution in [3.63, 3.8) is 0 Å². The van der Waals surface area contributed by atoms with Crippen LogP contribution in [0.1, 0.15) is 27.7 Å². The van der Waals surface area contributed by atoms with Crippen LogP contribution in [0, 0.1) is 5.92 Å². The number of imide groups is 1. The third-order valence-electron chi connectivity index (χ3n) is 3.66. The van der Waals surface area contributed by atoms with Crippen LogP contribution in [0.15, 0.2) is 23.4 Å². The molecule has 2 rings (SSSR count). The molecule has 0 saturated carbocycles. The van der Waals surface area contributed by atoms with E-state index in [1.807, 2.05) is 4.57 Å². The Hall–Kier alpha value is -1.77. The monoisotopic (exact) mass is 443 g/mol. The van der Waals surface area contributed by atoms with Gasteiger partial charge >= 0.3 is 6.03 Å². The van der Waals surface area contributed by atoms with Gasteiger partial charge in [0, 0.05) is 23.7 Å². The van der Waals surface area contributed by atoms with Gasteiger partial charge in [0.1, 0.15) is 0 Å². The van der Waals surface area contributed by atoms with Gasteiger partial charge in [-0.1, -0.05) is 48.8 Å². The number of rotatable bonds is 7. The van der Waals surface area contributed by atoms with Crippen LogP contribution in [0.2, 0.25) is 10.0 Å². The minimum Gasteiger partial charge on any atom is -0.338 e. The summed E-state index contributed by atoms with van der Waals surface area (Å²) in [5, 5.41) is 14.4. The first-order valence-electron chi connectivity index (χ1n) is 8.86. The van der Waals surface area contributed by atoms with E-state index >= 15 is 0 Å². The van der Waals surface area contributed by atoms with Crippen molar-refractivity contribution < 1.29 is 9.59 Å². The van der Waals surface area contributed by atoms with E-state index in [1.165, 1.54) is 11.8 Å². The number of hydrogen-bond acceptors (Lipinski definition) is 5. The largest absolute Gasteiger partial charge is 0.338 e. The molecule has 0 aliphatic heterocycles. The topological polar surface area (TPSA) is 88.9 Å². The van der Waals surface area contributed by atoms with Crippen molar-refractivity contribution in [2.24, 2.45) is 5.92 Å². The highest BCUT2D eigenvalue weighted by Crippen LogP contribution is 2.33. The molecule has 1 aromatic heterocycles. The van der Waals surface area contributed by atoms with Gasteiger partial charge in [-0.3, -0.25) is 10.1 Å². The lowest BCUT2D eigenvalue weighted by molar-refractivity contribution is -0.119. The summed E-state index contributed by atoms with van der Waals surface area (Å²) in [5.41, 5.74) is 0.713. The molecule has 0 bridgehead atoms. The number of hydrogen-bond donors (Lipinski definition) is 2.